The van der Waals surface area contributed by atoms with Crippen LogP contribution in [-0.2, 0) is 6.54 Å². The zero-order chi connectivity index (χ0) is 29.5. The molecule has 2 saturated heterocycles. The first-order valence-electron chi connectivity index (χ1n) is 14.4. The lowest BCUT2D eigenvalue weighted by molar-refractivity contribution is 0.0631. The number of ketones is 1. The standard InChI is InChI=1S/C33H35N5O4/c1-42-29-11-8-25(9-12-29)31(39)27-3-2-16-38(22-27)33(41)30-13-10-26(20-35-30)32(40)36-28-14-17-37(18-15-28)21-24-6-4-23(19-34)5-7-24/h4-13,20,27-28H,2-3,14-18,21-22H2,1H3,(H,36,40). The monoisotopic (exact) mass is 565 g/mol. The van der Waals surface area contributed by atoms with Crippen molar-refractivity contribution in [2.45, 2.75) is 38.3 Å². The van der Waals surface area contributed by atoms with E-state index < -0.39 is 0 Å². The summed E-state index contributed by atoms with van der Waals surface area (Å²) < 4.78 is 5.18. The number of rotatable bonds is 8. The first-order chi connectivity index (χ1) is 20.4. The number of pyridine rings is 1. The van der Waals surface area contributed by atoms with Gasteiger partial charge < -0.3 is 15.0 Å². The van der Waals surface area contributed by atoms with Gasteiger partial charge in [-0.25, -0.2) is 0 Å². The molecule has 5 rings (SSSR count). The second-order valence-corrected chi connectivity index (χ2v) is 10.9. The number of ether oxygens (including phenoxy) is 1. The molecule has 3 aromatic rings. The largest absolute Gasteiger partial charge is 0.497 e. The smallest absolute Gasteiger partial charge is 0.272 e. The van der Waals surface area contributed by atoms with Crippen molar-refractivity contribution < 1.29 is 19.1 Å². The molecule has 0 spiro atoms. The average molecular weight is 566 g/mol. The maximum absolute atomic E-state index is 13.2. The van der Waals surface area contributed by atoms with Gasteiger partial charge in [-0.05, 0) is 79.8 Å². The topological polar surface area (TPSA) is 116 Å². The minimum absolute atomic E-state index is 0.0234. The first-order valence-corrected chi connectivity index (χ1v) is 14.4. The lowest BCUT2D eigenvalue weighted by Gasteiger charge is -2.32. The number of hydrogen-bond acceptors (Lipinski definition) is 7. The van der Waals surface area contributed by atoms with Crippen LogP contribution in [0.4, 0.5) is 0 Å². The zero-order valence-electron chi connectivity index (χ0n) is 23.8. The molecule has 0 bridgehead atoms. The van der Waals surface area contributed by atoms with Gasteiger partial charge >= 0.3 is 0 Å². The molecule has 0 aliphatic carbocycles. The molecule has 2 aliphatic heterocycles. The Hall–Kier alpha value is -4.55. The summed E-state index contributed by atoms with van der Waals surface area (Å²) in [6.07, 6.45) is 4.61. The molecule has 1 N–H and O–H groups in total. The van der Waals surface area contributed by atoms with E-state index in [2.05, 4.69) is 21.3 Å². The Bertz CT molecular complexity index is 1440. The third-order valence-electron chi connectivity index (χ3n) is 8.11. The van der Waals surface area contributed by atoms with Crippen LogP contribution in [0.2, 0.25) is 0 Å². The molecule has 9 heteroatoms. The van der Waals surface area contributed by atoms with Gasteiger partial charge in [0.2, 0.25) is 0 Å². The van der Waals surface area contributed by atoms with E-state index >= 15 is 0 Å². The van der Waals surface area contributed by atoms with E-state index in [0.29, 0.717) is 35.5 Å². The van der Waals surface area contributed by atoms with Crippen LogP contribution in [0.1, 0.15) is 68.0 Å². The van der Waals surface area contributed by atoms with E-state index in [1.54, 1.807) is 48.4 Å². The highest BCUT2D eigenvalue weighted by atomic mass is 16.5. The summed E-state index contributed by atoms with van der Waals surface area (Å²) in [4.78, 5) is 47.5. The minimum atomic E-state index is -0.267. The number of likely N-dealkylation sites (tertiary alicyclic amines) is 2. The van der Waals surface area contributed by atoms with Gasteiger partial charge in [-0.1, -0.05) is 12.1 Å². The van der Waals surface area contributed by atoms with Crippen LogP contribution in [-0.4, -0.2) is 71.7 Å². The number of aromatic nitrogens is 1. The van der Waals surface area contributed by atoms with Crippen molar-refractivity contribution in [3.05, 3.63) is 94.8 Å². The van der Waals surface area contributed by atoms with Crippen LogP contribution in [0.15, 0.2) is 66.9 Å². The number of nitrogens with zero attached hydrogens (tertiary/aromatic N) is 4. The summed E-state index contributed by atoms with van der Waals surface area (Å²) >= 11 is 0. The molecule has 1 aromatic heterocycles. The Morgan fingerprint density at radius 1 is 0.952 bits per heavy atom. The van der Waals surface area contributed by atoms with Crippen LogP contribution in [0, 0.1) is 17.2 Å². The number of carbonyl (C=O) groups is 3. The van der Waals surface area contributed by atoms with Crippen LogP contribution in [0.3, 0.4) is 0 Å². The van der Waals surface area contributed by atoms with Crippen molar-refractivity contribution >= 4 is 17.6 Å². The molecule has 0 radical (unpaired) electrons. The summed E-state index contributed by atoms with van der Waals surface area (Å²) in [5.41, 5.74) is 3.11. The van der Waals surface area contributed by atoms with Gasteiger partial charge in [-0.2, -0.15) is 5.26 Å². The normalized spacial score (nSPS) is 17.7. The maximum Gasteiger partial charge on any atom is 0.272 e. The molecule has 0 saturated carbocycles. The number of Topliss-reactive ketones (excluding diaryl/α,β-unsaturated/α-hetero) is 1. The summed E-state index contributed by atoms with van der Waals surface area (Å²) in [5.74, 6) is 0.0163. The van der Waals surface area contributed by atoms with Gasteiger partial charge in [0.25, 0.3) is 11.8 Å². The fourth-order valence-electron chi connectivity index (χ4n) is 5.63. The van der Waals surface area contributed by atoms with Crippen molar-refractivity contribution in [1.29, 1.82) is 5.26 Å². The molecule has 1 unspecified atom stereocenters. The van der Waals surface area contributed by atoms with Gasteiger partial charge in [0.05, 0.1) is 24.3 Å². The molecular formula is C33H35N5O4. The summed E-state index contributed by atoms with van der Waals surface area (Å²) in [6.45, 7) is 3.47. The van der Waals surface area contributed by atoms with Crippen molar-refractivity contribution in [3.63, 3.8) is 0 Å². The molecule has 1 atom stereocenters. The van der Waals surface area contributed by atoms with E-state index in [1.165, 1.54) is 11.8 Å². The quantitative estimate of drug-likeness (QED) is 0.409. The predicted octanol–water partition coefficient (Wildman–Crippen LogP) is 4.09. The number of piperidine rings is 2. The number of amides is 2. The number of nitriles is 1. The molecule has 2 aliphatic rings. The average Bonchev–Trinajstić information content (AvgIpc) is 3.05. The summed E-state index contributed by atoms with van der Waals surface area (Å²) in [7, 11) is 1.58. The lowest BCUT2D eigenvalue weighted by Crippen LogP contribution is -2.44. The minimum Gasteiger partial charge on any atom is -0.497 e. The molecular weight excluding hydrogens is 530 g/mol. The second kappa shape index (κ2) is 13.4. The summed E-state index contributed by atoms with van der Waals surface area (Å²) in [5, 5.41) is 12.1. The number of methoxy groups -OCH3 is 1. The SMILES string of the molecule is COc1ccc(C(=O)C2CCCN(C(=O)c3ccc(C(=O)NC4CCN(Cc5ccc(C#N)cc5)CC4)cn3)C2)cc1. The van der Waals surface area contributed by atoms with Crippen molar-refractivity contribution in [1.82, 2.24) is 20.1 Å². The molecule has 216 valence electrons. The Morgan fingerprint density at radius 3 is 2.31 bits per heavy atom. The molecule has 9 nitrogen and oxygen atoms in total. The molecule has 2 fully saturated rings. The fourth-order valence-corrected chi connectivity index (χ4v) is 5.63. The Morgan fingerprint density at radius 2 is 1.67 bits per heavy atom. The number of carbonyl (C=O) groups excluding carboxylic acids is 3. The molecule has 3 heterocycles. The highest BCUT2D eigenvalue weighted by molar-refractivity contribution is 5.99. The maximum atomic E-state index is 13.2. The molecule has 2 aromatic carbocycles. The predicted molar refractivity (Wildman–Crippen MR) is 157 cm³/mol. The fraction of sp³-hybridized carbons (Fsp3) is 0.364. The highest BCUT2D eigenvalue weighted by Crippen LogP contribution is 2.23. The van der Waals surface area contributed by atoms with Crippen LogP contribution < -0.4 is 10.1 Å². The zero-order valence-corrected chi connectivity index (χ0v) is 23.8. The van der Waals surface area contributed by atoms with E-state index in [4.69, 9.17) is 10.00 Å². The summed E-state index contributed by atoms with van der Waals surface area (Å²) in [6, 6.07) is 20.1. The molecule has 42 heavy (non-hydrogen) atoms. The van der Waals surface area contributed by atoms with Crippen LogP contribution in [0.5, 0.6) is 5.75 Å². The lowest BCUT2D eigenvalue weighted by atomic mass is 9.90. The van der Waals surface area contributed by atoms with Gasteiger partial charge in [-0.3, -0.25) is 24.3 Å². The van der Waals surface area contributed by atoms with Gasteiger partial charge in [0, 0.05) is 56.4 Å². The van der Waals surface area contributed by atoms with Crippen LogP contribution >= 0.6 is 0 Å². The van der Waals surface area contributed by atoms with E-state index in [9.17, 15) is 14.4 Å². The highest BCUT2D eigenvalue weighted by Gasteiger charge is 2.30. The third kappa shape index (κ3) is 7.01. The second-order valence-electron chi connectivity index (χ2n) is 10.9. The van der Waals surface area contributed by atoms with Crippen molar-refractivity contribution in [2.75, 3.05) is 33.3 Å². The van der Waals surface area contributed by atoms with E-state index in [1.807, 2.05) is 24.3 Å². The Kier molecular flexibility index (Phi) is 9.25. The van der Waals surface area contributed by atoms with Crippen molar-refractivity contribution in [2.24, 2.45) is 5.92 Å². The number of nitrogens with one attached hydrogen (secondary N) is 1. The Labute approximate surface area is 246 Å². The van der Waals surface area contributed by atoms with Crippen LogP contribution in [0.25, 0.3) is 0 Å². The van der Waals surface area contributed by atoms with E-state index in [0.717, 1.165) is 45.3 Å². The van der Waals surface area contributed by atoms with Gasteiger partial charge in [-0.15, -0.1) is 0 Å². The van der Waals surface area contributed by atoms with E-state index in [-0.39, 0.29) is 35.3 Å². The first kappa shape index (κ1) is 29.0. The Balaban J connectivity index is 1.10. The number of hydrogen-bond donors (Lipinski definition) is 1. The number of benzene rings is 2. The third-order valence-corrected chi connectivity index (χ3v) is 8.11. The molecule has 2 amide bonds. The van der Waals surface area contributed by atoms with Gasteiger partial charge in [0.15, 0.2) is 5.78 Å². The van der Waals surface area contributed by atoms with Gasteiger partial charge in [0.1, 0.15) is 11.4 Å². The van der Waals surface area contributed by atoms with Crippen molar-refractivity contribution in [3.8, 4) is 11.8 Å².